The number of benzene rings is 1. The first-order valence-electron chi connectivity index (χ1n) is 9.68. The Morgan fingerprint density at radius 1 is 1.00 bits per heavy atom. The van der Waals surface area contributed by atoms with Crippen molar-refractivity contribution >= 4 is 30.1 Å². The third kappa shape index (κ3) is 8.93. The lowest BCUT2D eigenvalue weighted by molar-refractivity contribution is -0.129. The number of ether oxygens (including phenoxy) is 2. The molecule has 3 N–H and O–H groups in total. The number of nitrogens with one attached hydrogen (secondary N) is 3. The summed E-state index contributed by atoms with van der Waals surface area (Å²) in [6, 6.07) is 5.06. The van der Waals surface area contributed by atoms with Crippen molar-refractivity contribution in [2.75, 3.05) is 5.32 Å². The number of anilines is 1. The smallest absolute Gasteiger partial charge is 0.408 e. The van der Waals surface area contributed by atoms with E-state index in [9.17, 15) is 19.2 Å². The van der Waals surface area contributed by atoms with Gasteiger partial charge in [0.1, 0.15) is 24.3 Å². The molecule has 30 heavy (non-hydrogen) atoms. The molecule has 0 fully saturated rings. The summed E-state index contributed by atoms with van der Waals surface area (Å²) < 4.78 is 9.86. The molecule has 0 bridgehead atoms. The molecule has 0 aromatic heterocycles. The molecule has 3 amide bonds. The Kier molecular flexibility index (Phi) is 9.29. The fourth-order valence-corrected chi connectivity index (χ4v) is 2.40. The van der Waals surface area contributed by atoms with Crippen LogP contribution >= 0.6 is 0 Å². The van der Waals surface area contributed by atoms with Crippen molar-refractivity contribution in [3.05, 3.63) is 29.8 Å². The zero-order valence-corrected chi connectivity index (χ0v) is 18.3. The van der Waals surface area contributed by atoms with Gasteiger partial charge in [-0.1, -0.05) is 26.0 Å². The molecule has 0 aliphatic carbocycles. The predicted molar refractivity (Wildman–Crippen MR) is 112 cm³/mol. The molecule has 0 heterocycles. The maximum atomic E-state index is 12.6. The van der Waals surface area contributed by atoms with Crippen LogP contribution in [0.1, 0.15) is 47.1 Å². The van der Waals surface area contributed by atoms with E-state index < -0.39 is 35.6 Å². The standard InChI is InChI=1S/C21H31N3O6/c1-13(2)17(24-20(28)30-21(4,5)6)19(27)22-14(3)18(26)23-16-9-7-15(8-10-16)11-29-12-25/h7-10,12-14,17H,11H2,1-6H3,(H,22,27)(H,23,26)(H,24,28)/t14-,17-/m0/s1. The van der Waals surface area contributed by atoms with Crippen molar-refractivity contribution in [2.45, 2.75) is 65.8 Å². The minimum absolute atomic E-state index is 0.144. The molecule has 9 nitrogen and oxygen atoms in total. The number of carbonyl (C=O) groups is 4. The van der Waals surface area contributed by atoms with Crippen LogP contribution in [0, 0.1) is 5.92 Å². The zero-order valence-electron chi connectivity index (χ0n) is 18.3. The van der Waals surface area contributed by atoms with Gasteiger partial charge in [-0.3, -0.25) is 14.4 Å². The largest absolute Gasteiger partial charge is 0.463 e. The van der Waals surface area contributed by atoms with E-state index in [0.29, 0.717) is 12.2 Å². The van der Waals surface area contributed by atoms with Gasteiger partial charge in [-0.25, -0.2) is 4.79 Å². The van der Waals surface area contributed by atoms with Crippen LogP contribution in [0.25, 0.3) is 0 Å². The van der Waals surface area contributed by atoms with Gasteiger partial charge in [0.25, 0.3) is 6.47 Å². The van der Waals surface area contributed by atoms with Crippen LogP contribution < -0.4 is 16.0 Å². The van der Waals surface area contributed by atoms with Gasteiger partial charge in [0, 0.05) is 5.69 Å². The van der Waals surface area contributed by atoms with E-state index in [1.165, 1.54) is 0 Å². The van der Waals surface area contributed by atoms with E-state index in [2.05, 4.69) is 20.7 Å². The summed E-state index contributed by atoms with van der Waals surface area (Å²) >= 11 is 0. The second-order valence-electron chi connectivity index (χ2n) is 8.19. The average Bonchev–Trinajstić information content (AvgIpc) is 2.63. The molecule has 0 aliphatic heterocycles. The van der Waals surface area contributed by atoms with E-state index >= 15 is 0 Å². The van der Waals surface area contributed by atoms with Crippen LogP contribution in [-0.4, -0.2) is 42.1 Å². The Morgan fingerprint density at radius 2 is 1.60 bits per heavy atom. The van der Waals surface area contributed by atoms with Crippen LogP contribution in [0.5, 0.6) is 0 Å². The molecule has 0 saturated heterocycles. The molecule has 0 spiro atoms. The first-order chi connectivity index (χ1) is 13.9. The minimum atomic E-state index is -0.854. The van der Waals surface area contributed by atoms with Crippen LogP contribution in [0.3, 0.4) is 0 Å². The SMILES string of the molecule is CC(C)[C@H](NC(=O)OC(C)(C)C)C(=O)N[C@@H](C)C(=O)Nc1ccc(COC=O)cc1. The highest BCUT2D eigenvalue weighted by atomic mass is 16.6. The first kappa shape index (κ1) is 24.9. The summed E-state index contributed by atoms with van der Waals surface area (Å²) in [5.41, 5.74) is 0.613. The summed E-state index contributed by atoms with van der Waals surface area (Å²) in [6.45, 7) is 10.8. The van der Waals surface area contributed by atoms with Crippen LogP contribution in [-0.2, 0) is 30.5 Å². The number of rotatable bonds is 9. The highest BCUT2D eigenvalue weighted by Gasteiger charge is 2.28. The lowest BCUT2D eigenvalue weighted by Gasteiger charge is -2.26. The molecule has 166 valence electrons. The van der Waals surface area contributed by atoms with Crippen molar-refractivity contribution in [1.29, 1.82) is 0 Å². The van der Waals surface area contributed by atoms with Crippen LogP contribution in [0.15, 0.2) is 24.3 Å². The summed E-state index contributed by atoms with van der Waals surface area (Å²) in [4.78, 5) is 47.2. The number of hydrogen-bond donors (Lipinski definition) is 3. The molecule has 1 rings (SSSR count). The molecule has 0 saturated carbocycles. The van der Waals surface area contributed by atoms with Gasteiger partial charge in [-0.05, 0) is 51.3 Å². The molecular weight excluding hydrogens is 390 g/mol. The third-order valence-corrected chi connectivity index (χ3v) is 3.91. The lowest BCUT2D eigenvalue weighted by Crippen LogP contribution is -2.54. The molecule has 1 aromatic rings. The predicted octanol–water partition coefficient (Wildman–Crippen LogP) is 2.35. The Balaban J connectivity index is 2.65. The fraction of sp³-hybridized carbons (Fsp3) is 0.524. The first-order valence-corrected chi connectivity index (χ1v) is 9.68. The van der Waals surface area contributed by atoms with E-state index in [1.54, 1.807) is 65.8 Å². The maximum Gasteiger partial charge on any atom is 0.408 e. The van der Waals surface area contributed by atoms with Gasteiger partial charge >= 0.3 is 6.09 Å². The summed E-state index contributed by atoms with van der Waals surface area (Å²) in [7, 11) is 0. The van der Waals surface area contributed by atoms with Crippen molar-refractivity contribution < 1.29 is 28.7 Å². The zero-order chi connectivity index (χ0) is 22.9. The Morgan fingerprint density at radius 3 is 2.10 bits per heavy atom. The van der Waals surface area contributed by atoms with Crippen LogP contribution in [0.2, 0.25) is 0 Å². The van der Waals surface area contributed by atoms with E-state index in [-0.39, 0.29) is 12.5 Å². The molecule has 0 unspecified atom stereocenters. The Labute approximate surface area is 176 Å². The van der Waals surface area contributed by atoms with E-state index in [1.807, 2.05) is 0 Å². The van der Waals surface area contributed by atoms with E-state index in [4.69, 9.17) is 4.74 Å². The number of amides is 3. The highest BCUT2D eigenvalue weighted by Crippen LogP contribution is 2.12. The summed E-state index contributed by atoms with van der Waals surface area (Å²) in [5, 5.41) is 7.85. The molecule has 1 aromatic carbocycles. The molecule has 9 heteroatoms. The second kappa shape index (κ2) is 11.2. The third-order valence-electron chi connectivity index (χ3n) is 3.91. The Hall–Kier alpha value is -3.10. The summed E-state index contributed by atoms with van der Waals surface area (Å²) in [6.07, 6.45) is -0.702. The van der Waals surface area contributed by atoms with Gasteiger partial charge in [0.15, 0.2) is 0 Å². The average molecular weight is 421 g/mol. The number of alkyl carbamates (subject to hydrolysis) is 1. The number of hydrogen-bond acceptors (Lipinski definition) is 6. The molecule has 0 radical (unpaired) electrons. The van der Waals surface area contributed by atoms with Crippen molar-refractivity contribution in [3.8, 4) is 0 Å². The number of carbonyl (C=O) groups excluding carboxylic acids is 4. The minimum Gasteiger partial charge on any atom is -0.463 e. The van der Waals surface area contributed by atoms with Crippen LogP contribution in [0.4, 0.5) is 10.5 Å². The van der Waals surface area contributed by atoms with Crippen molar-refractivity contribution in [1.82, 2.24) is 10.6 Å². The second-order valence-corrected chi connectivity index (χ2v) is 8.19. The van der Waals surface area contributed by atoms with E-state index in [0.717, 1.165) is 5.56 Å². The maximum absolute atomic E-state index is 12.6. The molecule has 0 aliphatic rings. The fourth-order valence-electron chi connectivity index (χ4n) is 2.40. The molecular formula is C21H31N3O6. The summed E-state index contributed by atoms with van der Waals surface area (Å²) in [5.74, 6) is -1.12. The monoisotopic (exact) mass is 421 g/mol. The van der Waals surface area contributed by atoms with Gasteiger partial charge in [-0.15, -0.1) is 0 Å². The highest BCUT2D eigenvalue weighted by molar-refractivity contribution is 5.98. The van der Waals surface area contributed by atoms with Crippen molar-refractivity contribution in [3.63, 3.8) is 0 Å². The molecule has 2 atom stereocenters. The Bertz CT molecular complexity index is 740. The van der Waals surface area contributed by atoms with Crippen molar-refractivity contribution in [2.24, 2.45) is 5.92 Å². The van der Waals surface area contributed by atoms with Gasteiger partial charge in [-0.2, -0.15) is 0 Å². The normalized spacial score (nSPS) is 13.0. The lowest BCUT2D eigenvalue weighted by atomic mass is 10.0. The van der Waals surface area contributed by atoms with Gasteiger partial charge in [0.05, 0.1) is 0 Å². The van der Waals surface area contributed by atoms with Gasteiger partial charge in [0.2, 0.25) is 11.8 Å². The van der Waals surface area contributed by atoms with Gasteiger partial charge < -0.3 is 25.4 Å². The quantitative estimate of drug-likeness (QED) is 0.526. The topological polar surface area (TPSA) is 123 Å².